The number of halogens is 1. The molecule has 0 aliphatic heterocycles. The Morgan fingerprint density at radius 2 is 2.14 bits per heavy atom. The lowest BCUT2D eigenvalue weighted by Gasteiger charge is -2.12. The van der Waals surface area contributed by atoms with Gasteiger partial charge < -0.3 is 4.90 Å². The van der Waals surface area contributed by atoms with Gasteiger partial charge in [-0.1, -0.05) is 11.6 Å². The smallest absolute Gasteiger partial charge is 0.130 e. The summed E-state index contributed by atoms with van der Waals surface area (Å²) in [6.45, 7) is 0. The third-order valence-corrected chi connectivity index (χ3v) is 2.25. The van der Waals surface area contributed by atoms with Crippen molar-refractivity contribution in [3.63, 3.8) is 0 Å². The maximum Gasteiger partial charge on any atom is 0.130 e. The minimum absolute atomic E-state index is 0.638. The highest BCUT2D eigenvalue weighted by molar-refractivity contribution is 6.35. The molecule has 0 aliphatic rings. The zero-order chi connectivity index (χ0) is 10.1. The molecule has 2 rings (SSSR count). The molecule has 0 spiro atoms. The van der Waals surface area contributed by atoms with E-state index in [4.69, 9.17) is 11.6 Å². The van der Waals surface area contributed by atoms with Gasteiger partial charge in [0.25, 0.3) is 0 Å². The van der Waals surface area contributed by atoms with E-state index >= 15 is 0 Å². The van der Waals surface area contributed by atoms with Crippen LogP contribution >= 0.6 is 11.6 Å². The van der Waals surface area contributed by atoms with Gasteiger partial charge in [0.2, 0.25) is 0 Å². The Morgan fingerprint density at radius 1 is 1.36 bits per heavy atom. The number of hydrogen-bond acceptors (Lipinski definition) is 3. The van der Waals surface area contributed by atoms with E-state index in [1.54, 1.807) is 6.20 Å². The fourth-order valence-corrected chi connectivity index (χ4v) is 1.48. The maximum absolute atomic E-state index is 6.08. The van der Waals surface area contributed by atoms with Gasteiger partial charge >= 0.3 is 0 Å². The second-order valence-electron chi connectivity index (χ2n) is 3.23. The van der Waals surface area contributed by atoms with Crippen molar-refractivity contribution in [2.24, 2.45) is 0 Å². The van der Waals surface area contributed by atoms with Crippen molar-refractivity contribution in [3.05, 3.63) is 29.4 Å². The first kappa shape index (κ1) is 9.21. The van der Waals surface area contributed by atoms with Crippen LogP contribution in [-0.4, -0.2) is 24.1 Å². The molecule has 0 bridgehead atoms. The minimum Gasteiger partial charge on any atom is -0.363 e. The van der Waals surface area contributed by atoms with E-state index in [2.05, 4.69) is 9.97 Å². The second kappa shape index (κ2) is 3.42. The molecule has 14 heavy (non-hydrogen) atoms. The van der Waals surface area contributed by atoms with Crippen molar-refractivity contribution in [2.75, 3.05) is 19.0 Å². The van der Waals surface area contributed by atoms with Crippen LogP contribution in [0.4, 0.5) is 5.82 Å². The van der Waals surface area contributed by atoms with Crippen molar-refractivity contribution in [1.29, 1.82) is 0 Å². The predicted molar refractivity (Wildman–Crippen MR) is 58.9 cm³/mol. The highest BCUT2D eigenvalue weighted by atomic mass is 35.5. The van der Waals surface area contributed by atoms with Crippen LogP contribution < -0.4 is 4.90 Å². The Morgan fingerprint density at radius 3 is 2.86 bits per heavy atom. The fraction of sp³-hybridized carbons (Fsp3) is 0.200. The van der Waals surface area contributed by atoms with Crippen LogP contribution in [0.3, 0.4) is 0 Å². The van der Waals surface area contributed by atoms with Gasteiger partial charge in [0.1, 0.15) is 11.3 Å². The highest BCUT2D eigenvalue weighted by Crippen LogP contribution is 2.23. The zero-order valence-corrected chi connectivity index (χ0v) is 8.78. The van der Waals surface area contributed by atoms with Gasteiger partial charge in [-0.05, 0) is 12.1 Å². The first-order chi connectivity index (χ1) is 6.68. The fourth-order valence-electron chi connectivity index (χ4n) is 1.24. The Labute approximate surface area is 87.3 Å². The van der Waals surface area contributed by atoms with E-state index in [0.717, 1.165) is 16.9 Å². The number of rotatable bonds is 1. The zero-order valence-electron chi connectivity index (χ0n) is 8.03. The number of aromatic nitrogens is 2. The van der Waals surface area contributed by atoms with E-state index < -0.39 is 0 Å². The number of anilines is 1. The normalized spacial score (nSPS) is 10.5. The minimum atomic E-state index is 0.638. The molecule has 0 unspecified atom stereocenters. The maximum atomic E-state index is 6.08. The van der Waals surface area contributed by atoms with E-state index in [1.807, 2.05) is 37.2 Å². The van der Waals surface area contributed by atoms with Crippen molar-refractivity contribution >= 4 is 28.5 Å². The second-order valence-corrected chi connectivity index (χ2v) is 3.64. The lowest BCUT2D eigenvalue weighted by molar-refractivity contribution is 1.08. The van der Waals surface area contributed by atoms with E-state index in [0.29, 0.717) is 5.02 Å². The summed E-state index contributed by atoms with van der Waals surface area (Å²) in [5, 5.41) is 0.638. The molecule has 0 N–H and O–H groups in total. The van der Waals surface area contributed by atoms with Crippen molar-refractivity contribution in [2.45, 2.75) is 0 Å². The van der Waals surface area contributed by atoms with Gasteiger partial charge in [0.05, 0.1) is 10.5 Å². The molecular weight excluding hydrogens is 198 g/mol. The van der Waals surface area contributed by atoms with Gasteiger partial charge in [0.15, 0.2) is 0 Å². The SMILES string of the molecule is CN(C)c1cc(Cl)c2ncccc2n1. The van der Waals surface area contributed by atoms with Crippen LogP contribution in [0.15, 0.2) is 24.4 Å². The molecule has 0 amide bonds. The average molecular weight is 208 g/mol. The summed E-state index contributed by atoms with van der Waals surface area (Å²) in [5.41, 5.74) is 1.57. The van der Waals surface area contributed by atoms with Crippen LogP contribution in [0, 0.1) is 0 Å². The van der Waals surface area contributed by atoms with Gasteiger partial charge in [-0.25, -0.2) is 4.98 Å². The van der Waals surface area contributed by atoms with Crippen LogP contribution in [0.2, 0.25) is 5.02 Å². The number of fused-ring (bicyclic) bond motifs is 1. The standard InChI is InChI=1S/C10H10ClN3/c1-14(2)9-6-7(11)10-8(13-9)4-3-5-12-10/h3-6H,1-2H3. The molecule has 2 heterocycles. The summed E-state index contributed by atoms with van der Waals surface area (Å²) in [4.78, 5) is 10.5. The van der Waals surface area contributed by atoms with Crippen LogP contribution in [0.5, 0.6) is 0 Å². The first-order valence-corrected chi connectivity index (χ1v) is 4.65. The van der Waals surface area contributed by atoms with Crippen molar-refractivity contribution < 1.29 is 0 Å². The van der Waals surface area contributed by atoms with Crippen LogP contribution in [0.1, 0.15) is 0 Å². The summed E-state index contributed by atoms with van der Waals surface area (Å²) in [7, 11) is 3.86. The summed E-state index contributed by atoms with van der Waals surface area (Å²) in [6, 6.07) is 5.57. The Kier molecular flexibility index (Phi) is 2.25. The van der Waals surface area contributed by atoms with E-state index in [9.17, 15) is 0 Å². The molecule has 4 heteroatoms. The van der Waals surface area contributed by atoms with Crippen LogP contribution in [-0.2, 0) is 0 Å². The molecule has 2 aromatic heterocycles. The summed E-state index contributed by atoms with van der Waals surface area (Å²) < 4.78 is 0. The van der Waals surface area contributed by atoms with Crippen LogP contribution in [0.25, 0.3) is 11.0 Å². The lowest BCUT2D eigenvalue weighted by Crippen LogP contribution is -2.10. The molecule has 0 aliphatic carbocycles. The van der Waals surface area contributed by atoms with E-state index in [1.165, 1.54) is 0 Å². The average Bonchev–Trinajstić information content (AvgIpc) is 2.17. The number of nitrogens with zero attached hydrogens (tertiary/aromatic N) is 3. The lowest BCUT2D eigenvalue weighted by atomic mass is 10.3. The summed E-state index contributed by atoms with van der Waals surface area (Å²) in [5.74, 6) is 0.843. The molecule has 3 nitrogen and oxygen atoms in total. The number of pyridine rings is 2. The quantitative estimate of drug-likeness (QED) is 0.719. The van der Waals surface area contributed by atoms with Gasteiger partial charge in [-0.15, -0.1) is 0 Å². The third-order valence-electron chi connectivity index (χ3n) is 1.96. The Hall–Kier alpha value is -1.35. The topological polar surface area (TPSA) is 29.0 Å². The molecule has 0 saturated heterocycles. The van der Waals surface area contributed by atoms with Gasteiger partial charge in [-0.3, -0.25) is 4.98 Å². The van der Waals surface area contributed by atoms with Gasteiger partial charge in [-0.2, -0.15) is 0 Å². The Bertz CT molecular complexity index is 468. The molecular formula is C10H10ClN3. The molecule has 0 aromatic carbocycles. The molecule has 0 atom stereocenters. The molecule has 2 aromatic rings. The highest BCUT2D eigenvalue weighted by Gasteiger charge is 2.05. The van der Waals surface area contributed by atoms with Gasteiger partial charge in [0, 0.05) is 26.4 Å². The number of hydrogen-bond donors (Lipinski definition) is 0. The molecule has 0 radical (unpaired) electrons. The largest absolute Gasteiger partial charge is 0.363 e. The molecule has 0 fully saturated rings. The molecule has 72 valence electrons. The van der Waals surface area contributed by atoms with Crippen molar-refractivity contribution in [1.82, 2.24) is 9.97 Å². The first-order valence-electron chi connectivity index (χ1n) is 4.27. The summed E-state index contributed by atoms with van der Waals surface area (Å²) >= 11 is 6.08. The summed E-state index contributed by atoms with van der Waals surface area (Å²) in [6.07, 6.45) is 1.71. The molecule has 0 saturated carbocycles. The monoisotopic (exact) mass is 207 g/mol. The van der Waals surface area contributed by atoms with E-state index in [-0.39, 0.29) is 0 Å². The predicted octanol–water partition coefficient (Wildman–Crippen LogP) is 2.35. The van der Waals surface area contributed by atoms with Crippen molar-refractivity contribution in [3.8, 4) is 0 Å². The Balaban J connectivity index is 2.72. The third kappa shape index (κ3) is 1.51.